The van der Waals surface area contributed by atoms with Gasteiger partial charge < -0.3 is 31.5 Å². The first-order chi connectivity index (χ1) is 8.86. The molecule has 19 heavy (non-hydrogen) atoms. The zero-order valence-corrected chi connectivity index (χ0v) is 10.7. The number of aliphatic carboxylic acids is 1. The average molecular weight is 273 g/mol. The Balaban J connectivity index is 3.18. The molecule has 108 valence electrons. The Hall–Kier alpha value is -1.64. The van der Waals surface area contributed by atoms with E-state index in [9.17, 15) is 15.0 Å². The normalized spacial score (nSPS) is 27.5. The van der Waals surface area contributed by atoms with E-state index in [1.165, 1.54) is 7.11 Å². The van der Waals surface area contributed by atoms with Gasteiger partial charge in [0.15, 0.2) is 11.8 Å². The van der Waals surface area contributed by atoms with Crippen LogP contribution >= 0.6 is 0 Å². The summed E-state index contributed by atoms with van der Waals surface area (Å²) in [6.07, 6.45) is -0.0107. The van der Waals surface area contributed by atoms with Crippen LogP contribution in [-0.2, 0) is 9.53 Å². The van der Waals surface area contributed by atoms with Gasteiger partial charge in [-0.25, -0.2) is 4.79 Å². The first-order valence-electron chi connectivity index (χ1n) is 5.72. The number of rotatable bonds is 5. The second-order valence-corrected chi connectivity index (χ2v) is 4.46. The van der Waals surface area contributed by atoms with E-state index in [4.69, 9.17) is 21.3 Å². The van der Waals surface area contributed by atoms with Crippen molar-refractivity contribution in [2.75, 3.05) is 20.3 Å². The minimum absolute atomic E-state index is 0.0338. The van der Waals surface area contributed by atoms with Crippen LogP contribution in [0.25, 0.3) is 0 Å². The molecular weight excluding hydrogens is 254 g/mol. The molecule has 1 aliphatic rings. The fourth-order valence-corrected chi connectivity index (χ4v) is 1.94. The van der Waals surface area contributed by atoms with Gasteiger partial charge in [-0.15, -0.1) is 0 Å². The zero-order chi connectivity index (χ0) is 14.6. The molecule has 0 heterocycles. The lowest BCUT2D eigenvalue weighted by Gasteiger charge is -2.32. The van der Waals surface area contributed by atoms with Gasteiger partial charge in [0.05, 0.1) is 30.7 Å². The highest BCUT2D eigenvalue weighted by Gasteiger charge is 2.37. The predicted octanol–water partition coefficient (Wildman–Crippen LogP) is -1.83. The molecule has 0 saturated heterocycles. The second kappa shape index (κ2) is 6.00. The minimum Gasteiger partial charge on any atom is -0.493 e. The van der Waals surface area contributed by atoms with Crippen LogP contribution in [0.15, 0.2) is 16.4 Å². The number of hydrogen-bond acceptors (Lipinski definition) is 7. The van der Waals surface area contributed by atoms with Gasteiger partial charge in [-0.1, -0.05) is 0 Å². The Labute approximate surface area is 110 Å². The SMILES string of the molecule is COC1=C(N)C[C@@](O)(CO)C/C1=N\[C@@H](CN)C(=O)O. The maximum Gasteiger partial charge on any atom is 0.329 e. The van der Waals surface area contributed by atoms with E-state index in [-0.39, 0.29) is 36.6 Å². The summed E-state index contributed by atoms with van der Waals surface area (Å²) < 4.78 is 5.08. The van der Waals surface area contributed by atoms with Crippen LogP contribution in [-0.4, -0.2) is 58.9 Å². The summed E-state index contributed by atoms with van der Waals surface area (Å²) in [5.74, 6) is -0.944. The van der Waals surface area contributed by atoms with E-state index in [0.29, 0.717) is 0 Å². The summed E-state index contributed by atoms with van der Waals surface area (Å²) >= 11 is 0. The molecule has 8 heteroatoms. The quantitative estimate of drug-likeness (QED) is 0.395. The molecule has 0 radical (unpaired) electrons. The smallest absolute Gasteiger partial charge is 0.329 e. The Morgan fingerprint density at radius 2 is 2.21 bits per heavy atom. The van der Waals surface area contributed by atoms with E-state index in [0.717, 1.165) is 0 Å². The van der Waals surface area contributed by atoms with Crippen molar-refractivity contribution in [3.8, 4) is 0 Å². The molecule has 0 spiro atoms. The van der Waals surface area contributed by atoms with Gasteiger partial charge in [0.2, 0.25) is 0 Å². The van der Waals surface area contributed by atoms with Gasteiger partial charge in [0.25, 0.3) is 0 Å². The maximum absolute atomic E-state index is 10.9. The highest BCUT2D eigenvalue weighted by atomic mass is 16.5. The van der Waals surface area contributed by atoms with Gasteiger partial charge in [-0.2, -0.15) is 0 Å². The number of carbonyl (C=O) groups is 1. The van der Waals surface area contributed by atoms with E-state index >= 15 is 0 Å². The van der Waals surface area contributed by atoms with E-state index in [1.807, 2.05) is 0 Å². The van der Waals surface area contributed by atoms with Crippen molar-refractivity contribution in [2.24, 2.45) is 16.5 Å². The third kappa shape index (κ3) is 3.43. The summed E-state index contributed by atoms with van der Waals surface area (Å²) in [7, 11) is 1.37. The van der Waals surface area contributed by atoms with Gasteiger partial charge in [0.1, 0.15) is 0 Å². The number of ether oxygens (including phenoxy) is 1. The fraction of sp³-hybridized carbons (Fsp3) is 0.636. The van der Waals surface area contributed by atoms with Crippen molar-refractivity contribution in [1.29, 1.82) is 0 Å². The zero-order valence-electron chi connectivity index (χ0n) is 10.7. The lowest BCUT2D eigenvalue weighted by molar-refractivity contribution is -0.138. The second-order valence-electron chi connectivity index (χ2n) is 4.46. The number of aliphatic hydroxyl groups excluding tert-OH is 1. The van der Waals surface area contributed by atoms with E-state index in [1.54, 1.807) is 0 Å². The standard InChI is InChI=1S/C11H19N3O5/c1-19-9-6(13)2-11(18,5-15)3-7(9)14-8(4-12)10(16)17/h8,15,18H,2-5,12-13H2,1H3,(H,16,17)/b14-7+/t8-,11-/m0/s1. The fourth-order valence-electron chi connectivity index (χ4n) is 1.94. The molecule has 0 saturated carbocycles. The number of carboxylic acids is 1. The van der Waals surface area contributed by atoms with E-state index in [2.05, 4.69) is 4.99 Å². The van der Waals surface area contributed by atoms with Crippen molar-refractivity contribution in [3.05, 3.63) is 11.5 Å². The third-order valence-corrected chi connectivity index (χ3v) is 2.89. The molecule has 0 aromatic rings. The van der Waals surface area contributed by atoms with Gasteiger partial charge in [-0.05, 0) is 0 Å². The Bertz CT molecular complexity index is 421. The molecule has 8 nitrogen and oxygen atoms in total. The Morgan fingerprint density at radius 1 is 1.58 bits per heavy atom. The summed E-state index contributed by atoms with van der Waals surface area (Å²) in [5.41, 5.74) is 10.0. The highest BCUT2D eigenvalue weighted by Crippen LogP contribution is 2.29. The number of methoxy groups -OCH3 is 1. The monoisotopic (exact) mass is 273 g/mol. The van der Waals surface area contributed by atoms with Gasteiger partial charge >= 0.3 is 5.97 Å². The summed E-state index contributed by atoms with van der Waals surface area (Å²) in [6, 6.07) is -1.14. The first kappa shape index (κ1) is 15.4. The summed E-state index contributed by atoms with van der Waals surface area (Å²) in [6.45, 7) is -0.697. The van der Waals surface area contributed by atoms with Crippen LogP contribution in [0.3, 0.4) is 0 Å². The van der Waals surface area contributed by atoms with Crippen LogP contribution in [0, 0.1) is 0 Å². The molecule has 0 unspecified atom stereocenters. The van der Waals surface area contributed by atoms with E-state index < -0.39 is 24.2 Å². The molecule has 0 bridgehead atoms. The lowest BCUT2D eigenvalue weighted by Crippen LogP contribution is -2.43. The van der Waals surface area contributed by atoms with Crippen LogP contribution in [0.1, 0.15) is 12.8 Å². The number of aliphatic imine (C=N–C) groups is 1. The lowest BCUT2D eigenvalue weighted by atomic mass is 9.85. The molecule has 7 N–H and O–H groups in total. The topological polar surface area (TPSA) is 151 Å². The molecule has 1 aliphatic carbocycles. The van der Waals surface area contributed by atoms with Crippen LogP contribution in [0.4, 0.5) is 0 Å². The van der Waals surface area contributed by atoms with Gasteiger partial charge in [-0.3, -0.25) is 4.99 Å². The van der Waals surface area contributed by atoms with Crippen molar-refractivity contribution in [1.82, 2.24) is 0 Å². The largest absolute Gasteiger partial charge is 0.493 e. The molecule has 0 aromatic carbocycles. The summed E-state index contributed by atoms with van der Waals surface area (Å²) in [5, 5.41) is 28.2. The molecule has 1 rings (SSSR count). The van der Waals surface area contributed by atoms with Gasteiger partial charge in [0, 0.05) is 19.4 Å². The molecule has 2 atom stereocenters. The van der Waals surface area contributed by atoms with Crippen molar-refractivity contribution in [2.45, 2.75) is 24.5 Å². The van der Waals surface area contributed by atoms with Crippen LogP contribution in [0.2, 0.25) is 0 Å². The molecule has 0 amide bonds. The highest BCUT2D eigenvalue weighted by molar-refractivity contribution is 6.01. The Morgan fingerprint density at radius 3 is 2.63 bits per heavy atom. The predicted molar refractivity (Wildman–Crippen MR) is 67.4 cm³/mol. The molecule has 0 aliphatic heterocycles. The minimum atomic E-state index is -1.46. The number of aliphatic hydroxyl groups is 2. The molecular formula is C11H19N3O5. The molecule has 0 aromatic heterocycles. The Kier molecular flexibility index (Phi) is 4.87. The number of nitrogens with zero attached hydrogens (tertiary/aromatic N) is 1. The molecule has 0 fully saturated rings. The number of allylic oxidation sites excluding steroid dienone is 1. The summed E-state index contributed by atoms with van der Waals surface area (Å²) in [4.78, 5) is 14.9. The average Bonchev–Trinajstić information content (AvgIpc) is 2.35. The first-order valence-corrected chi connectivity index (χ1v) is 5.72. The van der Waals surface area contributed by atoms with Crippen molar-refractivity contribution >= 4 is 11.7 Å². The maximum atomic E-state index is 10.9. The number of carboxylic acid groups (broad SMARTS) is 1. The third-order valence-electron chi connectivity index (χ3n) is 2.89. The van der Waals surface area contributed by atoms with Crippen LogP contribution in [0.5, 0.6) is 0 Å². The van der Waals surface area contributed by atoms with Crippen molar-refractivity contribution < 1.29 is 24.9 Å². The number of hydrogen-bond donors (Lipinski definition) is 5. The van der Waals surface area contributed by atoms with Crippen LogP contribution < -0.4 is 11.5 Å². The number of nitrogens with two attached hydrogens (primary N) is 2. The van der Waals surface area contributed by atoms with Crippen molar-refractivity contribution in [3.63, 3.8) is 0 Å².